The second kappa shape index (κ2) is 6.03. The molecule has 0 amide bonds. The largest absolute Gasteiger partial charge is 0.468 e. The molecule has 0 fully saturated rings. The summed E-state index contributed by atoms with van der Waals surface area (Å²) in [6.07, 6.45) is 3.36. The van der Waals surface area contributed by atoms with Crippen LogP contribution >= 0.6 is 22.6 Å². The number of benzene rings is 1. The highest BCUT2D eigenvalue weighted by Gasteiger charge is 2.46. The quantitative estimate of drug-likeness (QED) is 0.347. The van der Waals surface area contributed by atoms with E-state index >= 15 is 0 Å². The van der Waals surface area contributed by atoms with E-state index < -0.39 is 11.4 Å². The van der Waals surface area contributed by atoms with E-state index in [4.69, 9.17) is 4.74 Å². The summed E-state index contributed by atoms with van der Waals surface area (Å²) in [5.41, 5.74) is 0.723. The van der Waals surface area contributed by atoms with Gasteiger partial charge in [-0.05, 0) is 24.8 Å². The first-order valence-electron chi connectivity index (χ1n) is 6.43. The monoisotopic (exact) mass is 372 g/mol. The van der Waals surface area contributed by atoms with Crippen molar-refractivity contribution >= 4 is 34.3 Å². The summed E-state index contributed by atoms with van der Waals surface area (Å²) in [4.78, 5) is 25.0. The maximum Gasteiger partial charge on any atom is 0.320 e. The Kier molecular flexibility index (Phi) is 4.60. The van der Waals surface area contributed by atoms with Crippen molar-refractivity contribution in [3.05, 3.63) is 35.4 Å². The zero-order chi connectivity index (χ0) is 13.9. The molecule has 1 atom stereocenters. The van der Waals surface area contributed by atoms with Crippen LogP contribution in [0.1, 0.15) is 35.2 Å². The van der Waals surface area contributed by atoms with E-state index in [1.54, 1.807) is 0 Å². The topological polar surface area (TPSA) is 43.4 Å². The van der Waals surface area contributed by atoms with E-state index in [1.807, 2.05) is 24.3 Å². The summed E-state index contributed by atoms with van der Waals surface area (Å²) in [6.45, 7) is 0. The number of aryl methyl sites for hydroxylation is 1. The number of halogens is 1. The van der Waals surface area contributed by atoms with Gasteiger partial charge in [0.2, 0.25) is 0 Å². The highest BCUT2D eigenvalue weighted by Crippen LogP contribution is 2.36. The fraction of sp³-hybridized carbons (Fsp3) is 0.467. The number of ketones is 1. The van der Waals surface area contributed by atoms with Crippen molar-refractivity contribution in [2.45, 2.75) is 25.7 Å². The predicted molar refractivity (Wildman–Crippen MR) is 81.7 cm³/mol. The van der Waals surface area contributed by atoms with E-state index in [1.165, 1.54) is 7.11 Å². The van der Waals surface area contributed by atoms with E-state index in [0.29, 0.717) is 16.4 Å². The Bertz CT molecular complexity index is 498. The van der Waals surface area contributed by atoms with Crippen molar-refractivity contribution in [3.8, 4) is 0 Å². The molecule has 1 aromatic carbocycles. The molecular formula is C15H17IO3. The minimum absolute atomic E-state index is 0.0796. The van der Waals surface area contributed by atoms with E-state index in [2.05, 4.69) is 22.6 Å². The normalized spacial score (nSPS) is 23.2. The van der Waals surface area contributed by atoms with Crippen LogP contribution in [0.2, 0.25) is 0 Å². The number of alkyl halides is 1. The smallest absolute Gasteiger partial charge is 0.320 e. The van der Waals surface area contributed by atoms with Gasteiger partial charge < -0.3 is 4.74 Å². The molecule has 0 saturated carbocycles. The number of rotatable bonds is 2. The summed E-state index contributed by atoms with van der Waals surface area (Å²) >= 11 is 2.12. The number of ether oxygens (including phenoxy) is 1. The van der Waals surface area contributed by atoms with Gasteiger partial charge in [0.15, 0.2) is 5.78 Å². The second-order valence-corrected chi connectivity index (χ2v) is 5.66. The number of methoxy groups -OCH3 is 1. The first kappa shape index (κ1) is 14.5. The maximum absolute atomic E-state index is 12.8. The molecule has 2 rings (SSSR count). The molecule has 0 aliphatic heterocycles. The minimum atomic E-state index is -1.01. The summed E-state index contributed by atoms with van der Waals surface area (Å²) in [5, 5.41) is 0. The highest BCUT2D eigenvalue weighted by atomic mass is 127. The van der Waals surface area contributed by atoms with Crippen LogP contribution < -0.4 is 0 Å². The molecule has 0 heterocycles. The predicted octanol–water partition coefficient (Wildman–Crippen LogP) is 3.19. The zero-order valence-electron chi connectivity index (χ0n) is 10.9. The fourth-order valence-corrected chi connectivity index (χ4v) is 3.68. The van der Waals surface area contributed by atoms with Gasteiger partial charge in [-0.25, -0.2) is 0 Å². The molecule has 0 N–H and O–H groups in total. The number of Topliss-reactive ketones (excluding diaryl/α,β-unsaturated/α-hetero) is 1. The van der Waals surface area contributed by atoms with Gasteiger partial charge in [-0.1, -0.05) is 53.3 Å². The lowest BCUT2D eigenvalue weighted by molar-refractivity contribution is -0.148. The number of carbonyl (C=O) groups excluding carboxylic acids is 2. The lowest BCUT2D eigenvalue weighted by atomic mass is 9.74. The molecule has 0 radical (unpaired) electrons. The van der Waals surface area contributed by atoms with Crippen molar-refractivity contribution < 1.29 is 14.3 Å². The molecule has 1 unspecified atom stereocenters. The van der Waals surface area contributed by atoms with Gasteiger partial charge in [0.25, 0.3) is 0 Å². The average Bonchev–Trinajstić information content (AvgIpc) is 2.45. The van der Waals surface area contributed by atoms with Gasteiger partial charge >= 0.3 is 5.97 Å². The van der Waals surface area contributed by atoms with Crippen molar-refractivity contribution in [1.29, 1.82) is 0 Å². The summed E-state index contributed by atoms with van der Waals surface area (Å²) < 4.78 is 5.36. The van der Waals surface area contributed by atoms with E-state index in [-0.39, 0.29) is 5.78 Å². The van der Waals surface area contributed by atoms with Crippen LogP contribution in [-0.2, 0) is 16.0 Å². The van der Waals surface area contributed by atoms with Crippen LogP contribution in [-0.4, -0.2) is 23.3 Å². The standard InChI is InChI=1S/C15H17IO3/c1-19-14(18)15(10-16)9-5-4-7-11-6-2-3-8-12(11)13(15)17/h2-3,6,8H,4-5,7,9-10H2,1H3. The summed E-state index contributed by atoms with van der Waals surface area (Å²) in [5.74, 6) is -0.479. The molecule has 102 valence electrons. The molecule has 3 nitrogen and oxygen atoms in total. The van der Waals surface area contributed by atoms with Crippen LogP contribution in [0.4, 0.5) is 0 Å². The van der Waals surface area contributed by atoms with Crippen molar-refractivity contribution in [1.82, 2.24) is 0 Å². The fourth-order valence-electron chi connectivity index (χ4n) is 2.65. The van der Waals surface area contributed by atoms with Crippen molar-refractivity contribution in [2.75, 3.05) is 11.5 Å². The molecule has 4 heteroatoms. The minimum Gasteiger partial charge on any atom is -0.468 e. The Morgan fingerprint density at radius 3 is 2.79 bits per heavy atom. The third-order valence-corrected chi connectivity index (χ3v) is 5.10. The lowest BCUT2D eigenvalue weighted by Crippen LogP contribution is -2.43. The molecule has 0 bridgehead atoms. The van der Waals surface area contributed by atoms with E-state index in [9.17, 15) is 9.59 Å². The number of fused-ring (bicyclic) bond motifs is 1. The Hall–Kier alpha value is -0.910. The van der Waals surface area contributed by atoms with Crippen LogP contribution in [0.25, 0.3) is 0 Å². The van der Waals surface area contributed by atoms with E-state index in [0.717, 1.165) is 24.8 Å². The van der Waals surface area contributed by atoms with Gasteiger partial charge in [-0.3, -0.25) is 9.59 Å². The molecule has 0 saturated heterocycles. The first-order chi connectivity index (χ1) is 9.15. The van der Waals surface area contributed by atoms with Crippen molar-refractivity contribution in [3.63, 3.8) is 0 Å². The SMILES string of the molecule is COC(=O)C1(CI)CCCCc2ccccc2C1=O. The van der Waals surface area contributed by atoms with Crippen LogP contribution in [0.5, 0.6) is 0 Å². The summed E-state index contributed by atoms with van der Waals surface area (Å²) in [6, 6.07) is 7.60. The number of carbonyl (C=O) groups is 2. The zero-order valence-corrected chi connectivity index (χ0v) is 13.1. The molecule has 19 heavy (non-hydrogen) atoms. The Morgan fingerprint density at radius 1 is 1.37 bits per heavy atom. The molecule has 1 aliphatic carbocycles. The van der Waals surface area contributed by atoms with Crippen LogP contribution in [0, 0.1) is 5.41 Å². The van der Waals surface area contributed by atoms with Gasteiger partial charge in [-0.2, -0.15) is 0 Å². The summed E-state index contributed by atoms with van der Waals surface area (Å²) in [7, 11) is 1.36. The lowest BCUT2D eigenvalue weighted by Gasteiger charge is -2.30. The molecule has 0 aromatic heterocycles. The van der Waals surface area contributed by atoms with Gasteiger partial charge in [0.1, 0.15) is 5.41 Å². The van der Waals surface area contributed by atoms with Gasteiger partial charge in [0.05, 0.1) is 7.11 Å². The molecule has 1 aromatic rings. The average molecular weight is 372 g/mol. The number of hydrogen-bond acceptors (Lipinski definition) is 3. The Morgan fingerprint density at radius 2 is 2.11 bits per heavy atom. The van der Waals surface area contributed by atoms with Crippen LogP contribution in [0.3, 0.4) is 0 Å². The third kappa shape index (κ3) is 2.55. The third-order valence-electron chi connectivity index (χ3n) is 3.80. The number of hydrogen-bond donors (Lipinski definition) is 0. The highest BCUT2D eigenvalue weighted by molar-refractivity contribution is 14.1. The first-order valence-corrected chi connectivity index (χ1v) is 7.95. The molecular weight excluding hydrogens is 355 g/mol. The van der Waals surface area contributed by atoms with Gasteiger partial charge in [-0.15, -0.1) is 0 Å². The maximum atomic E-state index is 12.8. The molecule has 0 spiro atoms. The Balaban J connectivity index is 2.53. The second-order valence-electron chi connectivity index (χ2n) is 4.90. The molecule has 1 aliphatic rings. The van der Waals surface area contributed by atoms with Crippen molar-refractivity contribution in [2.24, 2.45) is 5.41 Å². The Labute approximate surface area is 126 Å². The van der Waals surface area contributed by atoms with Crippen LogP contribution in [0.15, 0.2) is 24.3 Å². The van der Waals surface area contributed by atoms with Gasteiger partial charge in [0, 0.05) is 9.99 Å². The number of esters is 1.